The zero-order chi connectivity index (χ0) is 10.7. The number of hydrogen-bond donors (Lipinski definition) is 1. The van der Waals surface area contributed by atoms with Crippen molar-refractivity contribution in [3.63, 3.8) is 0 Å². The number of carboxylic acids is 1. The van der Waals surface area contributed by atoms with Crippen LogP contribution in [0, 0.1) is 5.92 Å². The molecular formula is C10H13N3O2. The summed E-state index contributed by atoms with van der Waals surface area (Å²) >= 11 is 0. The SMILES string of the molecule is O=C(O)CN(CC1CC1)c1ncccn1. The Morgan fingerprint density at radius 1 is 1.47 bits per heavy atom. The van der Waals surface area contributed by atoms with Gasteiger partial charge in [0.2, 0.25) is 5.95 Å². The Labute approximate surface area is 87.8 Å². The van der Waals surface area contributed by atoms with Crippen molar-refractivity contribution in [2.45, 2.75) is 12.8 Å². The zero-order valence-electron chi connectivity index (χ0n) is 8.33. The summed E-state index contributed by atoms with van der Waals surface area (Å²) in [6, 6.07) is 1.72. The summed E-state index contributed by atoms with van der Waals surface area (Å²) in [4.78, 5) is 20.5. The van der Waals surface area contributed by atoms with E-state index >= 15 is 0 Å². The van der Waals surface area contributed by atoms with Crippen LogP contribution in [0.2, 0.25) is 0 Å². The van der Waals surface area contributed by atoms with Crippen LogP contribution in [0.3, 0.4) is 0 Å². The van der Waals surface area contributed by atoms with E-state index in [4.69, 9.17) is 5.11 Å². The molecule has 0 radical (unpaired) electrons. The van der Waals surface area contributed by atoms with Crippen molar-refractivity contribution in [3.05, 3.63) is 18.5 Å². The van der Waals surface area contributed by atoms with E-state index in [1.165, 1.54) is 12.8 Å². The molecule has 5 nitrogen and oxygen atoms in total. The monoisotopic (exact) mass is 207 g/mol. The Bertz CT molecular complexity index is 338. The lowest BCUT2D eigenvalue weighted by Crippen LogP contribution is -2.32. The van der Waals surface area contributed by atoms with Gasteiger partial charge in [0, 0.05) is 18.9 Å². The maximum atomic E-state index is 10.7. The van der Waals surface area contributed by atoms with Gasteiger partial charge in [-0.05, 0) is 24.8 Å². The minimum absolute atomic E-state index is 0.0273. The lowest BCUT2D eigenvalue weighted by atomic mass is 10.3. The molecule has 1 aliphatic rings. The normalized spacial score (nSPS) is 14.9. The van der Waals surface area contributed by atoms with E-state index in [2.05, 4.69) is 9.97 Å². The molecule has 0 saturated heterocycles. The maximum absolute atomic E-state index is 10.7. The summed E-state index contributed by atoms with van der Waals surface area (Å²) < 4.78 is 0. The molecular weight excluding hydrogens is 194 g/mol. The van der Waals surface area contributed by atoms with Crippen LogP contribution >= 0.6 is 0 Å². The molecule has 1 aromatic rings. The number of carbonyl (C=O) groups is 1. The first-order valence-electron chi connectivity index (χ1n) is 4.99. The van der Waals surface area contributed by atoms with Crippen LogP contribution in [0.15, 0.2) is 18.5 Å². The number of carboxylic acid groups (broad SMARTS) is 1. The Hall–Kier alpha value is -1.65. The molecule has 1 N–H and O–H groups in total. The quantitative estimate of drug-likeness (QED) is 0.772. The van der Waals surface area contributed by atoms with Gasteiger partial charge in [0.15, 0.2) is 0 Å². The first-order chi connectivity index (χ1) is 7.25. The van der Waals surface area contributed by atoms with E-state index in [0.717, 1.165) is 6.54 Å². The van der Waals surface area contributed by atoms with Crippen molar-refractivity contribution >= 4 is 11.9 Å². The van der Waals surface area contributed by atoms with Crippen LogP contribution in [0.1, 0.15) is 12.8 Å². The highest BCUT2D eigenvalue weighted by Crippen LogP contribution is 2.30. The molecule has 0 aliphatic heterocycles. The molecule has 0 amide bonds. The van der Waals surface area contributed by atoms with Crippen molar-refractivity contribution in [3.8, 4) is 0 Å². The second kappa shape index (κ2) is 4.25. The van der Waals surface area contributed by atoms with Gasteiger partial charge in [0.25, 0.3) is 0 Å². The van der Waals surface area contributed by atoms with E-state index in [1.807, 2.05) is 0 Å². The summed E-state index contributed by atoms with van der Waals surface area (Å²) in [6.45, 7) is 0.719. The Morgan fingerprint density at radius 3 is 2.67 bits per heavy atom. The molecule has 1 aliphatic carbocycles. The largest absolute Gasteiger partial charge is 0.480 e. The van der Waals surface area contributed by atoms with Crippen molar-refractivity contribution in [2.24, 2.45) is 5.92 Å². The van der Waals surface area contributed by atoms with E-state index in [0.29, 0.717) is 11.9 Å². The Balaban J connectivity index is 2.06. The van der Waals surface area contributed by atoms with Gasteiger partial charge in [-0.1, -0.05) is 0 Å². The van der Waals surface area contributed by atoms with Gasteiger partial charge < -0.3 is 10.0 Å². The average molecular weight is 207 g/mol. The summed E-state index contributed by atoms with van der Waals surface area (Å²) in [5, 5.41) is 8.78. The molecule has 0 bridgehead atoms. The molecule has 0 aromatic carbocycles. The minimum atomic E-state index is -0.844. The van der Waals surface area contributed by atoms with Gasteiger partial charge in [-0.3, -0.25) is 4.79 Å². The molecule has 1 heterocycles. The van der Waals surface area contributed by atoms with Crippen molar-refractivity contribution in [1.29, 1.82) is 0 Å². The van der Waals surface area contributed by atoms with Gasteiger partial charge in [0.05, 0.1) is 0 Å². The number of hydrogen-bond acceptors (Lipinski definition) is 4. The van der Waals surface area contributed by atoms with Crippen molar-refractivity contribution in [2.75, 3.05) is 18.0 Å². The van der Waals surface area contributed by atoms with Gasteiger partial charge in [-0.2, -0.15) is 0 Å². The Kier molecular flexibility index (Phi) is 2.80. The summed E-state index contributed by atoms with van der Waals surface area (Å²) in [5.41, 5.74) is 0. The summed E-state index contributed by atoms with van der Waals surface area (Å²) in [7, 11) is 0. The van der Waals surface area contributed by atoms with Crippen LogP contribution in [0.5, 0.6) is 0 Å². The third kappa shape index (κ3) is 2.90. The van der Waals surface area contributed by atoms with Crippen LogP contribution < -0.4 is 4.90 Å². The van der Waals surface area contributed by atoms with Gasteiger partial charge in [-0.15, -0.1) is 0 Å². The highest BCUT2D eigenvalue weighted by Gasteiger charge is 2.26. The molecule has 0 unspecified atom stereocenters. The molecule has 1 fully saturated rings. The molecule has 5 heteroatoms. The van der Waals surface area contributed by atoms with Crippen LogP contribution in [0.25, 0.3) is 0 Å². The summed E-state index contributed by atoms with van der Waals surface area (Å²) in [6.07, 6.45) is 5.63. The topological polar surface area (TPSA) is 66.3 Å². The lowest BCUT2D eigenvalue weighted by Gasteiger charge is -2.19. The molecule has 2 rings (SSSR count). The average Bonchev–Trinajstić information content (AvgIpc) is 3.01. The fourth-order valence-electron chi connectivity index (χ4n) is 1.45. The molecule has 15 heavy (non-hydrogen) atoms. The fourth-order valence-corrected chi connectivity index (χ4v) is 1.45. The highest BCUT2D eigenvalue weighted by molar-refractivity contribution is 5.72. The van der Waals surface area contributed by atoms with E-state index in [9.17, 15) is 4.79 Å². The summed E-state index contributed by atoms with van der Waals surface area (Å²) in [5.74, 6) is 0.281. The third-order valence-electron chi connectivity index (χ3n) is 2.34. The first kappa shape index (κ1) is 9.89. The van der Waals surface area contributed by atoms with Crippen molar-refractivity contribution < 1.29 is 9.90 Å². The number of aliphatic carboxylic acids is 1. The zero-order valence-corrected chi connectivity index (χ0v) is 8.33. The van der Waals surface area contributed by atoms with Crippen molar-refractivity contribution in [1.82, 2.24) is 9.97 Å². The smallest absolute Gasteiger partial charge is 0.323 e. The molecule has 1 saturated carbocycles. The lowest BCUT2D eigenvalue weighted by molar-refractivity contribution is -0.135. The fraction of sp³-hybridized carbons (Fsp3) is 0.500. The second-order valence-corrected chi connectivity index (χ2v) is 3.77. The van der Waals surface area contributed by atoms with E-state index in [1.54, 1.807) is 23.4 Å². The van der Waals surface area contributed by atoms with Gasteiger partial charge >= 0.3 is 5.97 Å². The first-order valence-corrected chi connectivity index (χ1v) is 4.99. The maximum Gasteiger partial charge on any atom is 0.323 e. The standard InChI is InChI=1S/C10H13N3O2/c14-9(15)7-13(6-8-2-3-8)10-11-4-1-5-12-10/h1,4-5,8H,2-3,6-7H2,(H,14,15). The molecule has 1 aromatic heterocycles. The van der Waals surface area contributed by atoms with E-state index < -0.39 is 5.97 Å². The van der Waals surface area contributed by atoms with Gasteiger partial charge in [-0.25, -0.2) is 9.97 Å². The molecule has 0 atom stereocenters. The van der Waals surface area contributed by atoms with Crippen LogP contribution in [0.4, 0.5) is 5.95 Å². The third-order valence-corrected chi connectivity index (χ3v) is 2.34. The number of anilines is 1. The molecule has 80 valence electrons. The Morgan fingerprint density at radius 2 is 2.13 bits per heavy atom. The minimum Gasteiger partial charge on any atom is -0.480 e. The predicted molar refractivity (Wildman–Crippen MR) is 54.6 cm³/mol. The second-order valence-electron chi connectivity index (χ2n) is 3.77. The number of rotatable bonds is 5. The van der Waals surface area contributed by atoms with E-state index in [-0.39, 0.29) is 6.54 Å². The number of aromatic nitrogens is 2. The molecule has 0 spiro atoms. The predicted octanol–water partition coefficient (Wildman–Crippen LogP) is 0.778. The number of nitrogens with zero attached hydrogens (tertiary/aromatic N) is 3. The highest BCUT2D eigenvalue weighted by atomic mass is 16.4. The van der Waals surface area contributed by atoms with Gasteiger partial charge in [0.1, 0.15) is 6.54 Å². The van der Waals surface area contributed by atoms with Crippen LogP contribution in [-0.4, -0.2) is 34.1 Å². The van der Waals surface area contributed by atoms with Crippen LogP contribution in [-0.2, 0) is 4.79 Å².